The number of hydrogen-bond acceptors (Lipinski definition) is 5. The summed E-state index contributed by atoms with van der Waals surface area (Å²) >= 11 is 0. The van der Waals surface area contributed by atoms with Crippen molar-refractivity contribution >= 4 is 5.97 Å². The van der Waals surface area contributed by atoms with Gasteiger partial charge in [0.05, 0.1) is 25.6 Å². The quantitative estimate of drug-likeness (QED) is 0.454. The van der Waals surface area contributed by atoms with Crippen molar-refractivity contribution < 1.29 is 23.4 Å². The molecule has 2 aromatic rings. The number of halogens is 1. The van der Waals surface area contributed by atoms with E-state index in [1.165, 1.54) is 20.3 Å². The van der Waals surface area contributed by atoms with Crippen LogP contribution in [-0.4, -0.2) is 30.0 Å². The third-order valence-corrected chi connectivity index (χ3v) is 3.58. The molecule has 0 spiro atoms. The van der Waals surface area contributed by atoms with Crippen LogP contribution >= 0.6 is 0 Å². The van der Waals surface area contributed by atoms with Crippen LogP contribution in [-0.2, 0) is 14.3 Å². The number of benzene rings is 1. The first-order valence-electron chi connectivity index (χ1n) is 7.72. The van der Waals surface area contributed by atoms with E-state index in [9.17, 15) is 9.18 Å². The molecule has 0 aliphatic rings. The highest BCUT2D eigenvalue weighted by Gasteiger charge is 2.18. The molecule has 0 unspecified atom stereocenters. The molecule has 25 heavy (non-hydrogen) atoms. The first kappa shape index (κ1) is 18.5. The molecule has 7 heteroatoms. The van der Waals surface area contributed by atoms with Crippen LogP contribution < -0.4 is 4.74 Å². The van der Waals surface area contributed by atoms with Crippen LogP contribution in [0.4, 0.5) is 4.39 Å². The molecule has 1 aromatic carbocycles. The van der Waals surface area contributed by atoms with Crippen molar-refractivity contribution in [2.75, 3.05) is 14.2 Å². The van der Waals surface area contributed by atoms with Gasteiger partial charge in [0.15, 0.2) is 0 Å². The highest BCUT2D eigenvalue weighted by atomic mass is 19.1. The second-order valence-corrected chi connectivity index (χ2v) is 5.70. The third kappa shape index (κ3) is 4.17. The molecule has 0 N–H and O–H groups in total. The van der Waals surface area contributed by atoms with E-state index in [1.807, 2.05) is 19.9 Å². The Balaban J connectivity index is 2.43. The summed E-state index contributed by atoms with van der Waals surface area (Å²) in [6.07, 6.45) is 2.84. The van der Waals surface area contributed by atoms with Gasteiger partial charge in [-0.2, -0.15) is 5.10 Å². The average molecular weight is 348 g/mol. The summed E-state index contributed by atoms with van der Waals surface area (Å²) < 4.78 is 30.8. The van der Waals surface area contributed by atoms with Crippen molar-refractivity contribution in [1.29, 1.82) is 0 Å². The van der Waals surface area contributed by atoms with E-state index in [1.54, 1.807) is 23.9 Å². The van der Waals surface area contributed by atoms with Crippen molar-refractivity contribution in [3.63, 3.8) is 0 Å². The van der Waals surface area contributed by atoms with Crippen molar-refractivity contribution in [1.82, 2.24) is 9.78 Å². The van der Waals surface area contributed by atoms with E-state index < -0.39 is 11.8 Å². The van der Waals surface area contributed by atoms with Gasteiger partial charge in [-0.05, 0) is 18.9 Å². The molecule has 0 atom stereocenters. The molecule has 134 valence electrons. The van der Waals surface area contributed by atoms with Crippen molar-refractivity contribution in [3.8, 4) is 11.4 Å². The van der Waals surface area contributed by atoms with Gasteiger partial charge in [0, 0.05) is 23.9 Å². The Morgan fingerprint density at radius 1 is 1.32 bits per heavy atom. The van der Waals surface area contributed by atoms with Gasteiger partial charge in [0.2, 0.25) is 5.76 Å². The lowest BCUT2D eigenvalue weighted by molar-refractivity contribution is -0.138. The predicted octanol–water partition coefficient (Wildman–Crippen LogP) is 3.48. The van der Waals surface area contributed by atoms with Crippen LogP contribution in [0.15, 0.2) is 36.4 Å². The first-order valence-corrected chi connectivity index (χ1v) is 7.72. The Kier molecular flexibility index (Phi) is 5.80. The average Bonchev–Trinajstić information content (AvgIpc) is 3.07. The zero-order valence-corrected chi connectivity index (χ0v) is 14.9. The van der Waals surface area contributed by atoms with Crippen molar-refractivity contribution in [3.05, 3.63) is 53.5 Å². The Labute approximate surface area is 145 Å². The summed E-state index contributed by atoms with van der Waals surface area (Å²) in [5.74, 6) is -0.968. The van der Waals surface area contributed by atoms with E-state index in [0.29, 0.717) is 5.69 Å². The van der Waals surface area contributed by atoms with Crippen molar-refractivity contribution in [2.24, 2.45) is 0 Å². The minimum absolute atomic E-state index is 0.172. The summed E-state index contributed by atoms with van der Waals surface area (Å²) in [6, 6.07) is 4.83. The molecular weight excluding hydrogens is 327 g/mol. The van der Waals surface area contributed by atoms with Crippen molar-refractivity contribution in [2.45, 2.75) is 26.7 Å². The maximum atomic E-state index is 14.3. The number of aromatic nitrogens is 2. The zero-order valence-electron chi connectivity index (χ0n) is 14.9. The van der Waals surface area contributed by atoms with Gasteiger partial charge >= 0.3 is 5.97 Å². The lowest BCUT2D eigenvalue weighted by Crippen LogP contribution is -2.12. The fourth-order valence-electron chi connectivity index (χ4n) is 2.11. The summed E-state index contributed by atoms with van der Waals surface area (Å²) in [6.45, 7) is 5.60. The molecule has 2 rings (SSSR count). The number of carbonyl (C=O) groups is 1. The van der Waals surface area contributed by atoms with Gasteiger partial charge in [-0.3, -0.25) is 0 Å². The minimum atomic E-state index is -0.728. The highest BCUT2D eigenvalue weighted by Crippen LogP contribution is 2.27. The van der Waals surface area contributed by atoms with E-state index >= 15 is 0 Å². The normalized spacial score (nSPS) is 11.6. The maximum Gasteiger partial charge on any atom is 0.377 e. The SMILES string of the molecule is CO/C=C(\Oc1cc(-n2ccc(C(C)C)n2)cc(F)c1C)C(=O)OC. The molecule has 0 saturated carbocycles. The smallest absolute Gasteiger partial charge is 0.377 e. The van der Waals surface area contributed by atoms with Crippen LogP contribution in [0.25, 0.3) is 5.69 Å². The number of methoxy groups -OCH3 is 2. The second-order valence-electron chi connectivity index (χ2n) is 5.70. The van der Waals surface area contributed by atoms with E-state index in [-0.39, 0.29) is 23.0 Å². The molecule has 0 amide bonds. The second kappa shape index (κ2) is 7.83. The molecule has 0 fully saturated rings. The van der Waals surface area contributed by atoms with Crippen LogP contribution in [0.1, 0.15) is 31.0 Å². The van der Waals surface area contributed by atoms with E-state index in [2.05, 4.69) is 9.84 Å². The maximum absolute atomic E-state index is 14.3. The van der Waals surface area contributed by atoms with Gasteiger partial charge in [-0.25, -0.2) is 13.9 Å². The van der Waals surface area contributed by atoms with E-state index in [4.69, 9.17) is 9.47 Å². The molecule has 0 bridgehead atoms. The van der Waals surface area contributed by atoms with Gasteiger partial charge in [0.1, 0.15) is 17.8 Å². The number of nitrogens with zero attached hydrogens (tertiary/aromatic N) is 2. The van der Waals surface area contributed by atoms with Gasteiger partial charge in [-0.15, -0.1) is 0 Å². The fraction of sp³-hybridized carbons (Fsp3) is 0.333. The predicted molar refractivity (Wildman–Crippen MR) is 90.1 cm³/mol. The van der Waals surface area contributed by atoms with Gasteiger partial charge in [0.25, 0.3) is 0 Å². The molecule has 1 heterocycles. The fourth-order valence-corrected chi connectivity index (χ4v) is 2.11. The summed E-state index contributed by atoms with van der Waals surface area (Å²) in [5, 5.41) is 4.42. The number of hydrogen-bond donors (Lipinski definition) is 0. The Morgan fingerprint density at radius 2 is 2.04 bits per heavy atom. The molecule has 0 aliphatic carbocycles. The molecule has 0 radical (unpaired) electrons. The Hall–Kier alpha value is -2.83. The summed E-state index contributed by atoms with van der Waals surface area (Å²) in [4.78, 5) is 11.7. The van der Waals surface area contributed by atoms with Crippen LogP contribution in [0.2, 0.25) is 0 Å². The van der Waals surface area contributed by atoms with Crippen LogP contribution in [0.3, 0.4) is 0 Å². The summed E-state index contributed by atoms with van der Waals surface area (Å²) in [7, 11) is 2.59. The number of esters is 1. The van der Waals surface area contributed by atoms with Crippen LogP contribution in [0, 0.1) is 12.7 Å². The standard InChI is InChI=1S/C18H21FN2O4/c1-11(2)15-6-7-21(20-15)13-8-14(19)12(3)16(9-13)25-17(10-23-4)18(22)24-5/h6-11H,1-5H3/b17-10-. The lowest BCUT2D eigenvalue weighted by Gasteiger charge is -2.13. The molecular formula is C18H21FN2O4. The van der Waals surface area contributed by atoms with E-state index in [0.717, 1.165) is 12.0 Å². The number of rotatable bonds is 6. The lowest BCUT2D eigenvalue weighted by atomic mass is 10.1. The summed E-state index contributed by atoms with van der Waals surface area (Å²) in [5.41, 5.74) is 1.62. The number of ether oxygens (including phenoxy) is 3. The van der Waals surface area contributed by atoms with Gasteiger partial charge < -0.3 is 14.2 Å². The Morgan fingerprint density at radius 3 is 2.60 bits per heavy atom. The third-order valence-electron chi connectivity index (χ3n) is 3.58. The zero-order chi connectivity index (χ0) is 18.6. The minimum Gasteiger partial charge on any atom is -0.500 e. The topological polar surface area (TPSA) is 62.6 Å². The number of carbonyl (C=O) groups excluding carboxylic acids is 1. The molecule has 6 nitrogen and oxygen atoms in total. The first-order chi connectivity index (χ1) is 11.9. The molecule has 0 saturated heterocycles. The highest BCUT2D eigenvalue weighted by molar-refractivity contribution is 5.86. The largest absolute Gasteiger partial charge is 0.500 e. The van der Waals surface area contributed by atoms with Crippen LogP contribution in [0.5, 0.6) is 5.75 Å². The molecule has 1 aromatic heterocycles. The molecule has 0 aliphatic heterocycles. The Bertz CT molecular complexity index is 796. The van der Waals surface area contributed by atoms with Gasteiger partial charge in [-0.1, -0.05) is 13.8 Å². The monoisotopic (exact) mass is 348 g/mol.